The van der Waals surface area contributed by atoms with E-state index in [0.717, 1.165) is 6.04 Å². The molecule has 0 aromatic heterocycles. The molecule has 2 nitrogen and oxygen atoms in total. The Morgan fingerprint density at radius 1 is 1.29 bits per heavy atom. The predicted octanol–water partition coefficient (Wildman–Crippen LogP) is 2.30. The van der Waals surface area contributed by atoms with Gasteiger partial charge in [0.1, 0.15) is 0 Å². The normalized spacial score (nSPS) is 21.0. The Morgan fingerprint density at radius 3 is 2.64 bits per heavy atom. The highest BCUT2D eigenvalue weighted by Gasteiger charge is 2.12. The van der Waals surface area contributed by atoms with E-state index in [1.165, 1.54) is 51.1 Å². The monoisotopic (exact) mass is 215 g/mol. The zero-order valence-electron chi connectivity index (χ0n) is 9.72. The summed E-state index contributed by atoms with van der Waals surface area (Å²) in [6, 6.07) is 2.14. The zero-order chi connectivity index (χ0) is 10.2. The van der Waals surface area contributed by atoms with Crippen LogP contribution in [0.25, 0.3) is 0 Å². The number of hydrogen-bond donors (Lipinski definition) is 1. The van der Waals surface area contributed by atoms with Gasteiger partial charge in [0.25, 0.3) is 0 Å². The van der Waals surface area contributed by atoms with Crippen molar-refractivity contribution in [2.45, 2.75) is 57.2 Å². The molecule has 1 unspecified atom stereocenters. The van der Waals surface area contributed by atoms with Gasteiger partial charge in [0.2, 0.25) is 0 Å². The van der Waals surface area contributed by atoms with E-state index >= 15 is 0 Å². The molecular formula is C11H25NOSi. The van der Waals surface area contributed by atoms with Gasteiger partial charge in [-0.05, 0) is 38.4 Å². The van der Waals surface area contributed by atoms with Gasteiger partial charge in [-0.15, -0.1) is 0 Å². The molecule has 0 aromatic rings. The van der Waals surface area contributed by atoms with E-state index in [2.05, 4.69) is 11.9 Å². The van der Waals surface area contributed by atoms with Crippen LogP contribution < -0.4 is 5.32 Å². The summed E-state index contributed by atoms with van der Waals surface area (Å²) in [5, 5.41) is 3.67. The Balaban J connectivity index is 1.92. The lowest BCUT2D eigenvalue weighted by Crippen LogP contribution is -2.32. The number of rotatable bonds is 6. The first kappa shape index (κ1) is 12.2. The van der Waals surface area contributed by atoms with Crippen molar-refractivity contribution in [2.24, 2.45) is 0 Å². The predicted molar refractivity (Wildman–Crippen MR) is 64.3 cm³/mol. The van der Waals surface area contributed by atoms with Gasteiger partial charge < -0.3 is 9.74 Å². The Kier molecular flexibility index (Phi) is 6.48. The van der Waals surface area contributed by atoms with E-state index in [9.17, 15) is 0 Å². The van der Waals surface area contributed by atoms with Gasteiger partial charge in [-0.25, -0.2) is 0 Å². The molecule has 1 saturated carbocycles. The van der Waals surface area contributed by atoms with Crippen LogP contribution in [0.15, 0.2) is 0 Å². The first-order chi connectivity index (χ1) is 6.83. The van der Waals surface area contributed by atoms with Crippen LogP contribution in [0.4, 0.5) is 0 Å². The molecule has 0 aliphatic heterocycles. The molecule has 1 aliphatic rings. The van der Waals surface area contributed by atoms with Crippen molar-refractivity contribution in [3.8, 4) is 0 Å². The molecule has 0 radical (unpaired) electrons. The Labute approximate surface area is 90.1 Å². The second kappa shape index (κ2) is 7.43. The van der Waals surface area contributed by atoms with E-state index < -0.39 is 9.04 Å². The van der Waals surface area contributed by atoms with E-state index in [-0.39, 0.29) is 0 Å². The maximum Gasteiger partial charge on any atom is 0.173 e. The van der Waals surface area contributed by atoms with E-state index in [1.54, 1.807) is 0 Å². The van der Waals surface area contributed by atoms with Crippen LogP contribution in [0, 0.1) is 0 Å². The standard InChI is InChI=1S/C11H25NOSi/c1-13-14(2)10-6-9-12-11-7-4-3-5-8-11/h11-12,14H,3-10H2,1-2H3. The minimum Gasteiger partial charge on any atom is -0.423 e. The molecule has 14 heavy (non-hydrogen) atoms. The topological polar surface area (TPSA) is 21.3 Å². The van der Waals surface area contributed by atoms with Gasteiger partial charge in [-0.1, -0.05) is 19.3 Å². The summed E-state index contributed by atoms with van der Waals surface area (Å²) in [7, 11) is 1.06. The van der Waals surface area contributed by atoms with Crippen molar-refractivity contribution in [1.29, 1.82) is 0 Å². The van der Waals surface area contributed by atoms with Crippen LogP contribution in [0.2, 0.25) is 12.6 Å². The molecular weight excluding hydrogens is 190 g/mol. The molecule has 0 bridgehead atoms. The lowest BCUT2D eigenvalue weighted by Gasteiger charge is -2.22. The Hall–Kier alpha value is 0.137. The van der Waals surface area contributed by atoms with Gasteiger partial charge in [-0.2, -0.15) is 0 Å². The minimum atomic E-state index is -0.795. The SMILES string of the molecule is CO[SiH](C)CCCNC1CCCCC1. The molecule has 84 valence electrons. The van der Waals surface area contributed by atoms with Crippen LogP contribution in [0.5, 0.6) is 0 Å². The van der Waals surface area contributed by atoms with Gasteiger partial charge >= 0.3 is 0 Å². The molecule has 1 aliphatic carbocycles. The van der Waals surface area contributed by atoms with Crippen LogP contribution >= 0.6 is 0 Å². The summed E-state index contributed by atoms with van der Waals surface area (Å²) in [4.78, 5) is 0. The van der Waals surface area contributed by atoms with Gasteiger partial charge in [0, 0.05) is 13.2 Å². The lowest BCUT2D eigenvalue weighted by molar-refractivity contribution is 0.372. The molecule has 1 fully saturated rings. The van der Waals surface area contributed by atoms with E-state index in [4.69, 9.17) is 4.43 Å². The van der Waals surface area contributed by atoms with Crippen molar-refractivity contribution < 1.29 is 4.43 Å². The Morgan fingerprint density at radius 2 is 2.00 bits per heavy atom. The molecule has 0 aromatic carbocycles. The fourth-order valence-corrected chi connectivity index (χ4v) is 3.14. The quantitative estimate of drug-likeness (QED) is 0.542. The first-order valence-corrected chi connectivity index (χ1v) is 8.53. The average Bonchev–Trinajstić information content (AvgIpc) is 2.25. The second-order valence-electron chi connectivity index (χ2n) is 4.48. The van der Waals surface area contributed by atoms with Crippen molar-refractivity contribution in [3.05, 3.63) is 0 Å². The minimum absolute atomic E-state index is 0.795. The Bertz CT molecular complexity index is 137. The van der Waals surface area contributed by atoms with Crippen molar-refractivity contribution in [2.75, 3.05) is 13.7 Å². The van der Waals surface area contributed by atoms with E-state index in [0.29, 0.717) is 0 Å². The third-order valence-electron chi connectivity index (χ3n) is 3.23. The molecule has 0 saturated heterocycles. The summed E-state index contributed by atoms with van der Waals surface area (Å²) in [6.45, 7) is 3.48. The lowest BCUT2D eigenvalue weighted by atomic mass is 9.95. The van der Waals surface area contributed by atoms with Crippen LogP contribution in [0.1, 0.15) is 38.5 Å². The van der Waals surface area contributed by atoms with Gasteiger partial charge in [0.05, 0.1) is 0 Å². The number of nitrogens with one attached hydrogen (secondary N) is 1. The molecule has 1 atom stereocenters. The third-order valence-corrected chi connectivity index (χ3v) is 5.25. The number of hydrogen-bond acceptors (Lipinski definition) is 2. The summed E-state index contributed by atoms with van der Waals surface area (Å²) >= 11 is 0. The summed E-state index contributed by atoms with van der Waals surface area (Å²) in [6.07, 6.45) is 8.42. The van der Waals surface area contributed by atoms with Gasteiger partial charge in [0.15, 0.2) is 9.04 Å². The fourth-order valence-electron chi connectivity index (χ4n) is 2.12. The maximum atomic E-state index is 5.35. The molecule has 1 N–H and O–H groups in total. The summed E-state index contributed by atoms with van der Waals surface area (Å²) in [5.41, 5.74) is 0. The van der Waals surface area contributed by atoms with Crippen LogP contribution in [-0.4, -0.2) is 28.7 Å². The molecule has 0 heterocycles. The summed E-state index contributed by atoms with van der Waals surface area (Å²) < 4.78 is 5.35. The van der Waals surface area contributed by atoms with Crippen LogP contribution in [-0.2, 0) is 4.43 Å². The van der Waals surface area contributed by atoms with Gasteiger partial charge in [-0.3, -0.25) is 0 Å². The van der Waals surface area contributed by atoms with Crippen LogP contribution in [0.3, 0.4) is 0 Å². The van der Waals surface area contributed by atoms with E-state index in [1.807, 2.05) is 7.11 Å². The van der Waals surface area contributed by atoms with Crippen molar-refractivity contribution in [3.63, 3.8) is 0 Å². The maximum absolute atomic E-state index is 5.35. The smallest absolute Gasteiger partial charge is 0.173 e. The first-order valence-electron chi connectivity index (χ1n) is 6.09. The summed E-state index contributed by atoms with van der Waals surface area (Å²) in [5.74, 6) is 0. The average molecular weight is 215 g/mol. The zero-order valence-corrected chi connectivity index (χ0v) is 10.9. The molecule has 1 rings (SSSR count). The third kappa shape index (κ3) is 5.13. The highest BCUT2D eigenvalue weighted by molar-refractivity contribution is 6.50. The highest BCUT2D eigenvalue weighted by atomic mass is 28.3. The highest BCUT2D eigenvalue weighted by Crippen LogP contribution is 2.17. The molecule has 0 amide bonds. The molecule has 3 heteroatoms. The largest absolute Gasteiger partial charge is 0.423 e. The second-order valence-corrected chi connectivity index (χ2v) is 7.15. The molecule has 0 spiro atoms. The van der Waals surface area contributed by atoms with Crippen molar-refractivity contribution in [1.82, 2.24) is 5.32 Å². The fraction of sp³-hybridized carbons (Fsp3) is 1.00. The van der Waals surface area contributed by atoms with Crippen molar-refractivity contribution >= 4 is 9.04 Å².